The molecular weight excluding hydrogens is 427 g/mol. The molecule has 3 aromatic rings. The van der Waals surface area contributed by atoms with Crippen LogP contribution in [0.3, 0.4) is 0 Å². The molecule has 0 saturated carbocycles. The summed E-state index contributed by atoms with van der Waals surface area (Å²) in [6.45, 7) is 1.68. The van der Waals surface area contributed by atoms with Gasteiger partial charge in [-0.15, -0.1) is 10.2 Å². The topological polar surface area (TPSA) is 69.0 Å². The Balaban J connectivity index is 1.42. The summed E-state index contributed by atoms with van der Waals surface area (Å²) < 4.78 is 21.0. The van der Waals surface area contributed by atoms with Crippen molar-refractivity contribution in [2.24, 2.45) is 0 Å². The van der Waals surface area contributed by atoms with Gasteiger partial charge in [0.05, 0.1) is 19.2 Å². The van der Waals surface area contributed by atoms with Crippen LogP contribution in [0, 0.1) is 5.82 Å². The quantitative estimate of drug-likeness (QED) is 0.392. The minimum atomic E-state index is -0.338. The highest BCUT2D eigenvalue weighted by atomic mass is 32.2. The standard InChI is InChI=1S/C24H25FN4O2S/c25-20-9-4-8-18(14-20)11-12-23(30)26-15-22-27-28-24(32-17-21-10-5-13-31-21)29(22)16-19-6-2-1-3-7-19/h1-4,6-9,11-12,14,21H,5,10,13,15-17H2,(H,26,30)/b12-11+/t21-/m0/s1. The number of carbonyl (C=O) groups excluding carboxylic acids is 1. The summed E-state index contributed by atoms with van der Waals surface area (Å²) in [5.41, 5.74) is 1.75. The van der Waals surface area contributed by atoms with Crippen molar-refractivity contribution in [3.63, 3.8) is 0 Å². The van der Waals surface area contributed by atoms with Crippen LogP contribution in [0.4, 0.5) is 4.39 Å². The maximum absolute atomic E-state index is 13.3. The van der Waals surface area contributed by atoms with Gasteiger partial charge in [-0.1, -0.05) is 54.2 Å². The Hall–Kier alpha value is -2.97. The number of hydrogen-bond acceptors (Lipinski definition) is 5. The second-order valence-corrected chi connectivity index (χ2v) is 8.51. The molecule has 1 saturated heterocycles. The molecular formula is C24H25FN4O2S. The van der Waals surface area contributed by atoms with Crippen LogP contribution in [0.2, 0.25) is 0 Å². The Morgan fingerprint density at radius 1 is 1.22 bits per heavy atom. The molecule has 1 aliphatic rings. The number of halogens is 1. The molecule has 1 amide bonds. The van der Waals surface area contributed by atoms with E-state index in [1.165, 1.54) is 18.2 Å². The largest absolute Gasteiger partial charge is 0.377 e. The van der Waals surface area contributed by atoms with Gasteiger partial charge in [0.2, 0.25) is 5.91 Å². The zero-order valence-electron chi connectivity index (χ0n) is 17.6. The van der Waals surface area contributed by atoms with Crippen molar-refractivity contribution in [2.75, 3.05) is 12.4 Å². The summed E-state index contributed by atoms with van der Waals surface area (Å²) in [5.74, 6) is 0.887. The highest BCUT2D eigenvalue weighted by Crippen LogP contribution is 2.24. The monoisotopic (exact) mass is 452 g/mol. The van der Waals surface area contributed by atoms with Crippen molar-refractivity contribution in [1.29, 1.82) is 0 Å². The maximum Gasteiger partial charge on any atom is 0.244 e. The fourth-order valence-electron chi connectivity index (χ4n) is 3.43. The first-order chi connectivity index (χ1) is 15.7. The number of thioether (sulfide) groups is 1. The highest BCUT2D eigenvalue weighted by molar-refractivity contribution is 7.99. The van der Waals surface area contributed by atoms with Crippen LogP contribution in [0.15, 0.2) is 65.8 Å². The van der Waals surface area contributed by atoms with Gasteiger partial charge in [-0.05, 0) is 42.2 Å². The number of ether oxygens (including phenoxy) is 1. The Bertz CT molecular complexity index is 1060. The van der Waals surface area contributed by atoms with E-state index in [4.69, 9.17) is 4.74 Å². The molecule has 166 valence electrons. The van der Waals surface area contributed by atoms with Crippen LogP contribution >= 0.6 is 11.8 Å². The second-order valence-electron chi connectivity index (χ2n) is 7.52. The van der Waals surface area contributed by atoms with Gasteiger partial charge in [0, 0.05) is 18.4 Å². The molecule has 1 aromatic heterocycles. The van der Waals surface area contributed by atoms with E-state index in [1.54, 1.807) is 30.0 Å². The summed E-state index contributed by atoms with van der Waals surface area (Å²) in [6.07, 6.45) is 5.39. The molecule has 1 fully saturated rings. The summed E-state index contributed by atoms with van der Waals surface area (Å²) in [7, 11) is 0. The van der Waals surface area contributed by atoms with Crippen LogP contribution < -0.4 is 5.32 Å². The number of nitrogens with one attached hydrogen (secondary N) is 1. The molecule has 0 spiro atoms. The van der Waals surface area contributed by atoms with E-state index in [2.05, 4.69) is 27.6 Å². The fraction of sp³-hybridized carbons (Fsp3) is 0.292. The summed E-state index contributed by atoms with van der Waals surface area (Å²) >= 11 is 1.63. The molecule has 6 nitrogen and oxygen atoms in total. The summed E-state index contributed by atoms with van der Waals surface area (Å²) in [6, 6.07) is 16.2. The molecule has 32 heavy (non-hydrogen) atoms. The first-order valence-corrected chi connectivity index (χ1v) is 11.6. The number of rotatable bonds is 9. The number of nitrogens with zero attached hydrogens (tertiary/aromatic N) is 3. The normalized spacial score (nSPS) is 16.0. The molecule has 0 aliphatic carbocycles. The minimum Gasteiger partial charge on any atom is -0.377 e. The lowest BCUT2D eigenvalue weighted by Crippen LogP contribution is -2.23. The molecule has 2 aromatic carbocycles. The molecule has 0 radical (unpaired) electrons. The van der Waals surface area contributed by atoms with Gasteiger partial charge in [-0.25, -0.2) is 4.39 Å². The lowest BCUT2D eigenvalue weighted by atomic mass is 10.2. The molecule has 1 aliphatic heterocycles. The van der Waals surface area contributed by atoms with Gasteiger partial charge in [0.1, 0.15) is 5.82 Å². The summed E-state index contributed by atoms with van der Waals surface area (Å²) in [4.78, 5) is 12.3. The SMILES string of the molecule is O=C(/C=C/c1cccc(F)c1)NCc1nnc(SC[C@@H]2CCCO2)n1Cc1ccccc1. The van der Waals surface area contributed by atoms with Gasteiger partial charge < -0.3 is 14.6 Å². The third kappa shape index (κ3) is 6.27. The van der Waals surface area contributed by atoms with E-state index in [0.29, 0.717) is 17.9 Å². The van der Waals surface area contributed by atoms with Crippen molar-refractivity contribution in [2.45, 2.75) is 37.2 Å². The number of carbonyl (C=O) groups is 1. The smallest absolute Gasteiger partial charge is 0.244 e. The van der Waals surface area contributed by atoms with E-state index >= 15 is 0 Å². The Morgan fingerprint density at radius 2 is 2.09 bits per heavy atom. The van der Waals surface area contributed by atoms with E-state index in [1.807, 2.05) is 22.8 Å². The number of aromatic nitrogens is 3. The Kier molecular flexibility index (Phi) is 7.68. The molecule has 4 rings (SSSR count). The van der Waals surface area contributed by atoms with Crippen LogP contribution in [0.1, 0.15) is 29.8 Å². The molecule has 1 N–H and O–H groups in total. The van der Waals surface area contributed by atoms with Gasteiger partial charge in [-0.3, -0.25) is 4.79 Å². The van der Waals surface area contributed by atoms with Crippen molar-refractivity contribution in [1.82, 2.24) is 20.1 Å². The molecule has 2 heterocycles. The first kappa shape index (κ1) is 22.2. The van der Waals surface area contributed by atoms with Crippen molar-refractivity contribution < 1.29 is 13.9 Å². The van der Waals surface area contributed by atoms with Crippen molar-refractivity contribution >= 4 is 23.7 Å². The Labute approximate surface area is 190 Å². The highest BCUT2D eigenvalue weighted by Gasteiger charge is 2.19. The van der Waals surface area contributed by atoms with Gasteiger partial charge in [0.15, 0.2) is 11.0 Å². The van der Waals surface area contributed by atoms with E-state index < -0.39 is 0 Å². The van der Waals surface area contributed by atoms with Crippen LogP contribution in [-0.4, -0.2) is 39.1 Å². The molecule has 0 unspecified atom stereocenters. The average molecular weight is 453 g/mol. The van der Waals surface area contributed by atoms with Crippen LogP contribution in [0.25, 0.3) is 6.08 Å². The maximum atomic E-state index is 13.3. The van der Waals surface area contributed by atoms with Crippen LogP contribution in [0.5, 0.6) is 0 Å². The van der Waals surface area contributed by atoms with Crippen molar-refractivity contribution in [3.05, 3.63) is 83.4 Å². The minimum absolute atomic E-state index is 0.243. The van der Waals surface area contributed by atoms with Crippen LogP contribution in [-0.2, 0) is 22.6 Å². The zero-order chi connectivity index (χ0) is 22.2. The summed E-state index contributed by atoms with van der Waals surface area (Å²) in [5, 5.41) is 12.3. The first-order valence-electron chi connectivity index (χ1n) is 10.6. The molecule has 0 bridgehead atoms. The number of amides is 1. The average Bonchev–Trinajstić information content (AvgIpc) is 3.46. The van der Waals surface area contributed by atoms with Gasteiger partial charge in [0.25, 0.3) is 0 Å². The van der Waals surface area contributed by atoms with E-state index in [0.717, 1.165) is 35.9 Å². The number of hydrogen-bond donors (Lipinski definition) is 1. The van der Waals surface area contributed by atoms with E-state index in [-0.39, 0.29) is 24.4 Å². The van der Waals surface area contributed by atoms with E-state index in [9.17, 15) is 9.18 Å². The predicted octanol–water partition coefficient (Wildman–Crippen LogP) is 4.07. The Morgan fingerprint density at radius 3 is 2.88 bits per heavy atom. The second kappa shape index (κ2) is 11.1. The fourth-order valence-corrected chi connectivity index (χ4v) is 4.45. The number of benzene rings is 2. The van der Waals surface area contributed by atoms with Gasteiger partial charge >= 0.3 is 0 Å². The van der Waals surface area contributed by atoms with Crippen molar-refractivity contribution in [3.8, 4) is 0 Å². The third-order valence-electron chi connectivity index (χ3n) is 5.10. The zero-order valence-corrected chi connectivity index (χ0v) is 18.4. The lowest BCUT2D eigenvalue weighted by Gasteiger charge is -2.12. The predicted molar refractivity (Wildman–Crippen MR) is 123 cm³/mol. The molecule has 8 heteroatoms. The van der Waals surface area contributed by atoms with Gasteiger partial charge in [-0.2, -0.15) is 0 Å². The molecule has 1 atom stereocenters. The lowest BCUT2D eigenvalue weighted by molar-refractivity contribution is -0.116. The third-order valence-corrected chi connectivity index (χ3v) is 6.19.